The third kappa shape index (κ3) is 29.2. The van der Waals surface area contributed by atoms with Crippen molar-refractivity contribution >= 4 is 0 Å². The first-order valence-corrected chi connectivity index (χ1v) is 5.76. The van der Waals surface area contributed by atoms with Crippen LogP contribution < -0.4 is 0 Å². The van der Waals surface area contributed by atoms with Gasteiger partial charge in [0.05, 0.1) is 0 Å². The molecule has 0 unspecified atom stereocenters. The van der Waals surface area contributed by atoms with E-state index >= 15 is 0 Å². The van der Waals surface area contributed by atoms with Gasteiger partial charge in [-0.2, -0.15) is 44.4 Å². The molecule has 0 aliphatic carbocycles. The molecule has 0 amide bonds. The van der Waals surface area contributed by atoms with Crippen molar-refractivity contribution in [1.82, 2.24) is 0 Å². The molecular formula is C13H25N2Nb+2. The first-order valence-electron chi connectivity index (χ1n) is 5.76. The Labute approximate surface area is 117 Å². The fraction of sp³-hybridized carbons (Fsp3) is 0.615. The summed E-state index contributed by atoms with van der Waals surface area (Å²) in [5, 5.41) is 7.94. The minimum atomic E-state index is 0. The van der Waals surface area contributed by atoms with Crippen LogP contribution in [0, 0.1) is 0 Å². The molecule has 0 atom stereocenters. The van der Waals surface area contributed by atoms with Crippen LogP contribution in [0.4, 0.5) is 0 Å². The normalized spacial score (nSPS) is 7.75. The predicted molar refractivity (Wildman–Crippen MR) is 70.9 cm³/mol. The molecule has 0 saturated heterocycles. The average molecular weight is 302 g/mol. The molecule has 16 heavy (non-hydrogen) atoms. The Kier molecular flexibility index (Phi) is 32.4. The van der Waals surface area contributed by atoms with Gasteiger partial charge in [0.1, 0.15) is 0 Å². The maximum Gasteiger partial charge on any atom is 5.00 e. The van der Waals surface area contributed by atoms with E-state index in [1.807, 2.05) is 58.0 Å². The molecule has 0 aliphatic heterocycles. The van der Waals surface area contributed by atoms with E-state index in [4.69, 9.17) is 0 Å². The molecule has 0 aromatic heterocycles. The van der Waals surface area contributed by atoms with Gasteiger partial charge in [-0.25, -0.2) is 12.1 Å². The van der Waals surface area contributed by atoms with Crippen molar-refractivity contribution < 1.29 is 22.4 Å². The fourth-order valence-corrected chi connectivity index (χ4v) is 0.768. The smallest absolute Gasteiger partial charge is 0.663 e. The van der Waals surface area contributed by atoms with E-state index in [1.165, 1.54) is 0 Å². The Hall–Kier alpha value is 0.0103. The van der Waals surface area contributed by atoms with E-state index in [-0.39, 0.29) is 22.4 Å². The molecule has 0 saturated carbocycles. The molecule has 0 bridgehead atoms. The third-order valence-corrected chi connectivity index (χ3v) is 1.45. The van der Waals surface area contributed by atoms with Gasteiger partial charge < -0.3 is 10.6 Å². The van der Waals surface area contributed by atoms with E-state index in [2.05, 4.69) is 10.6 Å². The van der Waals surface area contributed by atoms with Gasteiger partial charge in [-0.3, -0.25) is 0 Å². The van der Waals surface area contributed by atoms with Crippen molar-refractivity contribution in [2.24, 2.45) is 0 Å². The molecule has 0 fully saturated rings. The van der Waals surface area contributed by atoms with Crippen LogP contribution in [0.25, 0.3) is 10.6 Å². The van der Waals surface area contributed by atoms with Crippen LogP contribution >= 0.6 is 0 Å². The molecule has 3 heteroatoms. The van der Waals surface area contributed by atoms with Gasteiger partial charge >= 0.3 is 22.4 Å². The second-order valence-corrected chi connectivity index (χ2v) is 2.67. The molecule has 1 aromatic rings. The largest absolute Gasteiger partial charge is 5.00 e. The quantitative estimate of drug-likeness (QED) is 0.589. The molecule has 1 aromatic carbocycles. The Morgan fingerprint density at radius 3 is 1.12 bits per heavy atom. The van der Waals surface area contributed by atoms with Crippen LogP contribution in [-0.2, 0) is 22.4 Å². The molecule has 1 rings (SSSR count). The standard InChI is InChI=1S/C5H5.2C4H10N.Nb/c1-2-4-5-3-1;2*1-3-5-4-2;/h1-5H;2*3-4H2,1-2H3;/q3*-1;+5. The van der Waals surface area contributed by atoms with E-state index in [0.29, 0.717) is 0 Å². The van der Waals surface area contributed by atoms with Gasteiger partial charge in [-0.05, 0) is 0 Å². The van der Waals surface area contributed by atoms with Crippen molar-refractivity contribution in [2.75, 3.05) is 26.2 Å². The minimum Gasteiger partial charge on any atom is -0.663 e. The summed E-state index contributed by atoms with van der Waals surface area (Å²) in [7, 11) is 0. The molecule has 0 spiro atoms. The Bertz CT molecular complexity index is 126. The van der Waals surface area contributed by atoms with Crippen molar-refractivity contribution in [3.63, 3.8) is 0 Å². The molecule has 0 aliphatic rings. The van der Waals surface area contributed by atoms with Gasteiger partial charge in [0.15, 0.2) is 0 Å². The maximum atomic E-state index is 3.97. The molecule has 2 nitrogen and oxygen atoms in total. The third-order valence-electron chi connectivity index (χ3n) is 1.45. The van der Waals surface area contributed by atoms with Crippen LogP contribution in [0.1, 0.15) is 27.7 Å². The first kappa shape index (κ1) is 21.3. The van der Waals surface area contributed by atoms with E-state index < -0.39 is 0 Å². The number of hydrogen-bond acceptors (Lipinski definition) is 0. The second kappa shape index (κ2) is 24.3. The zero-order chi connectivity index (χ0) is 11.8. The summed E-state index contributed by atoms with van der Waals surface area (Å²) in [5.74, 6) is 0. The monoisotopic (exact) mass is 302 g/mol. The fourth-order valence-electron chi connectivity index (χ4n) is 0.768. The topological polar surface area (TPSA) is 28.2 Å². The predicted octanol–water partition coefficient (Wildman–Crippen LogP) is 4.20. The second-order valence-electron chi connectivity index (χ2n) is 2.67. The summed E-state index contributed by atoms with van der Waals surface area (Å²) in [6, 6.07) is 10.0. The molecule has 0 radical (unpaired) electrons. The zero-order valence-electron chi connectivity index (χ0n) is 11.1. The Balaban J connectivity index is -0.000000154. The summed E-state index contributed by atoms with van der Waals surface area (Å²) in [5.41, 5.74) is 0. The first-order chi connectivity index (χ1) is 7.33. The van der Waals surface area contributed by atoms with Crippen molar-refractivity contribution in [2.45, 2.75) is 27.7 Å². The van der Waals surface area contributed by atoms with Crippen LogP contribution in [0.2, 0.25) is 0 Å². The molecule has 90 valence electrons. The number of nitrogens with zero attached hydrogens (tertiary/aromatic N) is 2. The van der Waals surface area contributed by atoms with Crippen molar-refractivity contribution in [3.8, 4) is 0 Å². The number of hydrogen-bond donors (Lipinski definition) is 0. The van der Waals surface area contributed by atoms with Crippen LogP contribution in [-0.4, -0.2) is 26.2 Å². The summed E-state index contributed by atoms with van der Waals surface area (Å²) in [6.45, 7) is 12.1. The van der Waals surface area contributed by atoms with E-state index in [0.717, 1.165) is 26.2 Å². The average Bonchev–Trinajstić information content (AvgIpc) is 2.79. The SMILES string of the molecule is CC[N-]CC.CC[N-]CC.[Nb+5].c1cc[cH-]c1. The summed E-state index contributed by atoms with van der Waals surface area (Å²) < 4.78 is 0. The molecular weight excluding hydrogens is 277 g/mol. The van der Waals surface area contributed by atoms with Crippen LogP contribution in [0.15, 0.2) is 30.3 Å². The molecule has 0 N–H and O–H groups in total. The van der Waals surface area contributed by atoms with Gasteiger partial charge in [0.2, 0.25) is 0 Å². The zero-order valence-corrected chi connectivity index (χ0v) is 13.3. The van der Waals surface area contributed by atoms with E-state index in [9.17, 15) is 0 Å². The summed E-state index contributed by atoms with van der Waals surface area (Å²) in [6.07, 6.45) is 0. The summed E-state index contributed by atoms with van der Waals surface area (Å²) >= 11 is 0. The maximum absolute atomic E-state index is 3.97. The number of rotatable bonds is 4. The van der Waals surface area contributed by atoms with Crippen LogP contribution in [0.5, 0.6) is 0 Å². The van der Waals surface area contributed by atoms with Crippen LogP contribution in [0.3, 0.4) is 0 Å². The van der Waals surface area contributed by atoms with Gasteiger partial charge in [-0.15, -0.1) is 0 Å². The van der Waals surface area contributed by atoms with E-state index in [1.54, 1.807) is 0 Å². The minimum absolute atomic E-state index is 0. The van der Waals surface area contributed by atoms with Crippen molar-refractivity contribution in [3.05, 3.63) is 41.0 Å². The Morgan fingerprint density at radius 1 is 0.750 bits per heavy atom. The molecule has 0 heterocycles. The van der Waals surface area contributed by atoms with Crippen molar-refractivity contribution in [1.29, 1.82) is 0 Å². The van der Waals surface area contributed by atoms with Gasteiger partial charge in [-0.1, -0.05) is 27.7 Å². The Morgan fingerprint density at radius 2 is 1.06 bits per heavy atom. The van der Waals surface area contributed by atoms with Gasteiger partial charge in [0.25, 0.3) is 0 Å². The van der Waals surface area contributed by atoms with Gasteiger partial charge in [0, 0.05) is 0 Å². The summed E-state index contributed by atoms with van der Waals surface area (Å²) in [4.78, 5) is 0.